The van der Waals surface area contributed by atoms with Gasteiger partial charge in [-0.15, -0.1) is 0 Å². The van der Waals surface area contributed by atoms with Gasteiger partial charge in [-0.1, -0.05) is 13.8 Å². The number of Topliss-reactive ketones (excluding diaryl/α,β-unsaturated/α-hetero) is 1. The molecule has 10 heavy (non-hydrogen) atoms. The fourth-order valence-corrected chi connectivity index (χ4v) is 0.250. The first-order valence-corrected chi connectivity index (χ1v) is 3.55. The minimum Gasteiger partial charge on any atom is -0.395 e. The monoisotopic (exact) mass is 147 g/mol. The molecule has 0 atom stereocenters. The van der Waals surface area contributed by atoms with Crippen LogP contribution in [0.2, 0.25) is 0 Å². The van der Waals surface area contributed by atoms with E-state index in [-0.39, 0.29) is 6.61 Å². The van der Waals surface area contributed by atoms with Crippen molar-refractivity contribution in [2.45, 2.75) is 26.7 Å². The molecule has 0 saturated heterocycles. The zero-order valence-electron chi connectivity index (χ0n) is 6.76. The number of rotatable bonds is 3. The van der Waals surface area contributed by atoms with Gasteiger partial charge in [0, 0.05) is 19.4 Å². The van der Waals surface area contributed by atoms with E-state index in [0.717, 1.165) is 0 Å². The highest BCUT2D eigenvalue weighted by Gasteiger charge is 1.86. The molecule has 0 bridgehead atoms. The Labute approximate surface area is 62.2 Å². The molecule has 0 aliphatic heterocycles. The molecule has 0 saturated carbocycles. The SMILES string of the molecule is CCC(=O)CC.NCCO. The summed E-state index contributed by atoms with van der Waals surface area (Å²) < 4.78 is 0. The van der Waals surface area contributed by atoms with Gasteiger partial charge in [-0.25, -0.2) is 0 Å². The number of aliphatic hydroxyl groups excluding tert-OH is 1. The van der Waals surface area contributed by atoms with Crippen molar-refractivity contribution in [1.82, 2.24) is 0 Å². The van der Waals surface area contributed by atoms with Crippen LogP contribution in [0.25, 0.3) is 0 Å². The predicted octanol–water partition coefficient (Wildman–Crippen LogP) is 0.313. The van der Waals surface area contributed by atoms with Gasteiger partial charge in [0.25, 0.3) is 0 Å². The summed E-state index contributed by atoms with van der Waals surface area (Å²) in [6.07, 6.45) is 1.38. The van der Waals surface area contributed by atoms with Crippen LogP contribution in [0.15, 0.2) is 0 Å². The lowest BCUT2D eigenvalue weighted by Crippen LogP contribution is -2.02. The minimum absolute atomic E-state index is 0.0972. The van der Waals surface area contributed by atoms with Crippen LogP contribution >= 0.6 is 0 Å². The molecular formula is C7H17NO2. The smallest absolute Gasteiger partial charge is 0.132 e. The highest BCUT2D eigenvalue weighted by Crippen LogP contribution is 1.82. The second kappa shape index (κ2) is 11.4. The quantitative estimate of drug-likeness (QED) is 0.604. The average Bonchev–Trinajstić information content (AvgIpc) is 2.03. The van der Waals surface area contributed by atoms with Crippen molar-refractivity contribution in [1.29, 1.82) is 0 Å². The van der Waals surface area contributed by atoms with Gasteiger partial charge in [-0.2, -0.15) is 0 Å². The molecular weight excluding hydrogens is 130 g/mol. The highest BCUT2D eigenvalue weighted by molar-refractivity contribution is 5.77. The van der Waals surface area contributed by atoms with Crippen molar-refractivity contribution in [3.8, 4) is 0 Å². The number of ketones is 1. The van der Waals surface area contributed by atoms with Crippen LogP contribution in [0.3, 0.4) is 0 Å². The summed E-state index contributed by atoms with van der Waals surface area (Å²) in [7, 11) is 0. The number of aliphatic hydroxyl groups is 1. The Hall–Kier alpha value is -0.410. The standard InChI is InChI=1S/C5H10O.C2H7NO/c1-3-5(6)4-2;3-1-2-4/h3-4H2,1-2H3;4H,1-3H2. The van der Waals surface area contributed by atoms with E-state index in [1.165, 1.54) is 0 Å². The van der Waals surface area contributed by atoms with Gasteiger partial charge in [-0.3, -0.25) is 4.79 Å². The van der Waals surface area contributed by atoms with E-state index in [1.54, 1.807) is 0 Å². The first kappa shape index (κ1) is 12.3. The lowest BCUT2D eigenvalue weighted by atomic mass is 10.3. The Morgan fingerprint density at radius 2 is 1.70 bits per heavy atom. The third-order valence-corrected chi connectivity index (χ3v) is 0.918. The van der Waals surface area contributed by atoms with Crippen molar-refractivity contribution in [2.24, 2.45) is 5.73 Å². The number of carbonyl (C=O) groups excluding carboxylic acids is 1. The predicted molar refractivity (Wildman–Crippen MR) is 41.7 cm³/mol. The highest BCUT2D eigenvalue weighted by atomic mass is 16.3. The Morgan fingerprint density at radius 3 is 1.70 bits per heavy atom. The average molecular weight is 147 g/mol. The second-order valence-corrected chi connectivity index (χ2v) is 1.76. The molecule has 0 rings (SSSR count). The van der Waals surface area contributed by atoms with Gasteiger partial charge in [-0.05, 0) is 0 Å². The van der Waals surface area contributed by atoms with Crippen molar-refractivity contribution in [3.05, 3.63) is 0 Å². The molecule has 0 heterocycles. The first-order valence-electron chi connectivity index (χ1n) is 3.55. The van der Waals surface area contributed by atoms with Gasteiger partial charge < -0.3 is 10.8 Å². The zero-order valence-corrected chi connectivity index (χ0v) is 6.76. The van der Waals surface area contributed by atoms with Crippen LogP contribution in [-0.4, -0.2) is 24.0 Å². The Morgan fingerprint density at radius 1 is 1.40 bits per heavy atom. The summed E-state index contributed by atoms with van der Waals surface area (Å²) in [6, 6.07) is 0. The Bertz CT molecular complexity index is 66.0. The van der Waals surface area contributed by atoms with Crippen molar-refractivity contribution >= 4 is 5.78 Å². The van der Waals surface area contributed by atoms with Crippen molar-refractivity contribution in [3.63, 3.8) is 0 Å². The molecule has 0 aliphatic carbocycles. The normalized spacial score (nSPS) is 8.00. The van der Waals surface area contributed by atoms with E-state index in [4.69, 9.17) is 10.8 Å². The summed E-state index contributed by atoms with van der Waals surface area (Å²) in [5.41, 5.74) is 4.78. The van der Waals surface area contributed by atoms with Gasteiger partial charge in [0.1, 0.15) is 5.78 Å². The maximum atomic E-state index is 10.2. The van der Waals surface area contributed by atoms with E-state index < -0.39 is 0 Å². The van der Waals surface area contributed by atoms with Crippen LogP contribution in [-0.2, 0) is 4.79 Å². The third kappa shape index (κ3) is 15.6. The molecule has 0 radical (unpaired) electrons. The second-order valence-electron chi connectivity index (χ2n) is 1.76. The molecule has 0 fully saturated rings. The maximum absolute atomic E-state index is 10.2. The maximum Gasteiger partial charge on any atom is 0.132 e. The Kier molecular flexibility index (Phi) is 14.0. The molecule has 0 aromatic rings. The lowest BCUT2D eigenvalue weighted by Gasteiger charge is -1.81. The number of carbonyl (C=O) groups is 1. The fraction of sp³-hybridized carbons (Fsp3) is 0.857. The van der Waals surface area contributed by atoms with Crippen LogP contribution in [0.1, 0.15) is 26.7 Å². The molecule has 0 aromatic carbocycles. The third-order valence-electron chi connectivity index (χ3n) is 0.918. The molecule has 3 heteroatoms. The van der Waals surface area contributed by atoms with E-state index in [1.807, 2.05) is 13.8 Å². The first-order chi connectivity index (χ1) is 4.72. The summed E-state index contributed by atoms with van der Waals surface area (Å²) in [5, 5.41) is 7.75. The van der Waals surface area contributed by atoms with Gasteiger partial charge in [0.05, 0.1) is 6.61 Å². The Balaban J connectivity index is 0. The molecule has 0 aliphatic rings. The number of hydrogen-bond donors (Lipinski definition) is 2. The van der Waals surface area contributed by atoms with Gasteiger partial charge in [0.15, 0.2) is 0 Å². The van der Waals surface area contributed by atoms with Crippen molar-refractivity contribution < 1.29 is 9.90 Å². The summed E-state index contributed by atoms with van der Waals surface area (Å²) >= 11 is 0. The molecule has 0 amide bonds. The lowest BCUT2D eigenvalue weighted by molar-refractivity contribution is -0.118. The van der Waals surface area contributed by atoms with Crippen molar-refractivity contribution in [2.75, 3.05) is 13.2 Å². The van der Waals surface area contributed by atoms with E-state index in [2.05, 4.69) is 0 Å². The molecule has 0 unspecified atom stereocenters. The molecule has 3 nitrogen and oxygen atoms in total. The molecule has 0 spiro atoms. The number of hydrogen-bond acceptors (Lipinski definition) is 3. The van der Waals surface area contributed by atoms with E-state index in [9.17, 15) is 4.79 Å². The number of nitrogens with two attached hydrogens (primary N) is 1. The van der Waals surface area contributed by atoms with Crippen LogP contribution in [0.5, 0.6) is 0 Å². The fourth-order valence-electron chi connectivity index (χ4n) is 0.250. The zero-order chi connectivity index (χ0) is 8.41. The summed E-state index contributed by atoms with van der Waals surface area (Å²) in [4.78, 5) is 10.2. The van der Waals surface area contributed by atoms with E-state index >= 15 is 0 Å². The molecule has 62 valence electrons. The van der Waals surface area contributed by atoms with E-state index in [0.29, 0.717) is 25.2 Å². The molecule has 0 aromatic heterocycles. The largest absolute Gasteiger partial charge is 0.395 e. The van der Waals surface area contributed by atoms with Crippen LogP contribution < -0.4 is 5.73 Å². The topological polar surface area (TPSA) is 63.3 Å². The van der Waals surface area contributed by atoms with Gasteiger partial charge in [0.2, 0.25) is 0 Å². The minimum atomic E-state index is 0.0972. The van der Waals surface area contributed by atoms with Crippen LogP contribution in [0.4, 0.5) is 0 Å². The summed E-state index contributed by atoms with van der Waals surface area (Å²) in [5.74, 6) is 0.343. The summed E-state index contributed by atoms with van der Waals surface area (Å²) in [6.45, 7) is 4.23. The van der Waals surface area contributed by atoms with Gasteiger partial charge >= 0.3 is 0 Å². The molecule has 3 N–H and O–H groups in total. The van der Waals surface area contributed by atoms with Crippen LogP contribution in [0, 0.1) is 0 Å².